The Hall–Kier alpha value is -2.25. The Kier molecular flexibility index (Phi) is 5.62. The maximum atomic E-state index is 13.3. The number of aliphatic hydroxyl groups is 1. The highest BCUT2D eigenvalue weighted by atomic mass is 32.2. The van der Waals surface area contributed by atoms with Crippen LogP contribution in [0.1, 0.15) is 35.5 Å². The molecule has 0 radical (unpaired) electrons. The van der Waals surface area contributed by atoms with E-state index in [1.54, 1.807) is 54.6 Å². The molecule has 1 unspecified atom stereocenters. The Morgan fingerprint density at radius 1 is 1.11 bits per heavy atom. The fourth-order valence-corrected chi connectivity index (χ4v) is 3.94. The second kappa shape index (κ2) is 7.78. The molecule has 1 heterocycles. The molecule has 0 saturated carbocycles. The van der Waals surface area contributed by atoms with Crippen molar-refractivity contribution in [3.05, 3.63) is 76.2 Å². The van der Waals surface area contributed by atoms with Gasteiger partial charge < -0.3 is 10.0 Å². The normalized spacial score (nSPS) is 17.7. The van der Waals surface area contributed by atoms with Crippen molar-refractivity contribution < 1.29 is 23.1 Å². The number of fused-ring (bicyclic) bond motifs is 1. The van der Waals surface area contributed by atoms with E-state index in [1.807, 2.05) is 0 Å². The zero-order valence-corrected chi connectivity index (χ0v) is 15.3. The molecule has 2 aromatic rings. The Morgan fingerprint density at radius 3 is 2.37 bits per heavy atom. The summed E-state index contributed by atoms with van der Waals surface area (Å²) in [6.45, 7) is 1.04. The summed E-state index contributed by atoms with van der Waals surface area (Å²) in [6, 6.07) is 15.4. The number of carbonyl (C=O) groups excluding carboxylic acids is 1. The first-order valence-electron chi connectivity index (χ1n) is 8.37. The van der Waals surface area contributed by atoms with E-state index in [1.165, 1.54) is 4.90 Å². The molecule has 7 heteroatoms. The highest BCUT2D eigenvalue weighted by Gasteiger charge is 2.36. The molecule has 27 heavy (non-hydrogen) atoms. The first kappa shape index (κ1) is 19.5. The molecule has 2 aromatic carbocycles. The van der Waals surface area contributed by atoms with Crippen LogP contribution in [0.2, 0.25) is 0 Å². The summed E-state index contributed by atoms with van der Waals surface area (Å²) in [5.41, 5.74) is 0.185. The second-order valence-electron chi connectivity index (χ2n) is 6.17. The van der Waals surface area contributed by atoms with E-state index in [2.05, 4.69) is 0 Å². The third-order valence-corrected chi connectivity index (χ3v) is 5.70. The Labute approximate surface area is 159 Å². The zero-order chi connectivity index (χ0) is 19.6. The molecule has 142 valence electrons. The SMILES string of the molecule is CC(=C(CCN1C(=O)c2ccccc2C1O)Sc1ccccc1)C(F)(F)F. The fraction of sp³-hybridized carbons (Fsp3) is 0.250. The van der Waals surface area contributed by atoms with Gasteiger partial charge in [0.1, 0.15) is 0 Å². The minimum atomic E-state index is -4.45. The third-order valence-electron chi connectivity index (χ3n) is 4.43. The Morgan fingerprint density at radius 2 is 1.74 bits per heavy atom. The number of amides is 1. The molecule has 3 rings (SSSR count). The van der Waals surface area contributed by atoms with E-state index in [0.29, 0.717) is 16.0 Å². The van der Waals surface area contributed by atoms with E-state index in [9.17, 15) is 23.1 Å². The molecule has 1 aliphatic rings. The summed E-state index contributed by atoms with van der Waals surface area (Å²) >= 11 is 1.03. The van der Waals surface area contributed by atoms with Gasteiger partial charge in [0.05, 0.1) is 0 Å². The summed E-state index contributed by atoms with van der Waals surface area (Å²) in [4.78, 5) is 14.5. The lowest BCUT2D eigenvalue weighted by Gasteiger charge is -2.22. The molecule has 0 aromatic heterocycles. The number of carbonyl (C=O) groups is 1. The lowest BCUT2D eigenvalue weighted by Crippen LogP contribution is -2.29. The van der Waals surface area contributed by atoms with Crippen molar-refractivity contribution in [2.24, 2.45) is 0 Å². The molecular formula is C20H18F3NO2S. The molecule has 1 N–H and O–H groups in total. The summed E-state index contributed by atoms with van der Waals surface area (Å²) in [5, 5.41) is 10.4. The second-order valence-corrected chi connectivity index (χ2v) is 7.34. The van der Waals surface area contributed by atoms with Crippen molar-refractivity contribution in [1.29, 1.82) is 0 Å². The van der Waals surface area contributed by atoms with Gasteiger partial charge in [-0.05, 0) is 36.4 Å². The lowest BCUT2D eigenvalue weighted by molar-refractivity contribution is -0.0918. The van der Waals surface area contributed by atoms with Gasteiger partial charge >= 0.3 is 6.18 Å². The minimum absolute atomic E-state index is 0.00168. The maximum absolute atomic E-state index is 13.3. The van der Waals surface area contributed by atoms with Crippen LogP contribution in [0, 0.1) is 0 Å². The molecule has 0 saturated heterocycles. The Bertz CT molecular complexity index is 865. The van der Waals surface area contributed by atoms with Gasteiger partial charge in [0, 0.05) is 28.1 Å². The van der Waals surface area contributed by atoms with Crippen LogP contribution < -0.4 is 0 Å². The van der Waals surface area contributed by atoms with Crippen LogP contribution in [0.25, 0.3) is 0 Å². The van der Waals surface area contributed by atoms with Gasteiger partial charge in [-0.2, -0.15) is 13.2 Å². The number of alkyl halides is 3. The monoisotopic (exact) mass is 393 g/mol. The van der Waals surface area contributed by atoms with Gasteiger partial charge in [-0.3, -0.25) is 4.79 Å². The van der Waals surface area contributed by atoms with Gasteiger partial charge in [-0.25, -0.2) is 0 Å². The number of hydrogen-bond donors (Lipinski definition) is 1. The Balaban J connectivity index is 1.81. The van der Waals surface area contributed by atoms with Crippen molar-refractivity contribution >= 4 is 17.7 Å². The molecule has 0 aliphatic carbocycles. The minimum Gasteiger partial charge on any atom is -0.369 e. The number of benzene rings is 2. The topological polar surface area (TPSA) is 40.5 Å². The van der Waals surface area contributed by atoms with Crippen LogP contribution in [0.15, 0.2) is 70.0 Å². The van der Waals surface area contributed by atoms with Gasteiger partial charge in [-0.1, -0.05) is 48.2 Å². The zero-order valence-electron chi connectivity index (χ0n) is 14.5. The fourth-order valence-electron chi connectivity index (χ4n) is 2.90. The standard InChI is InChI=1S/C20H18F3NO2S/c1-13(20(21,22)23)17(27-14-7-3-2-4-8-14)11-12-24-18(25)15-9-5-6-10-16(15)19(24)26/h2-10,18,25H,11-12H2,1H3. The number of halogens is 3. The number of allylic oxidation sites excluding steroid dienone is 1. The van der Waals surface area contributed by atoms with Crippen LogP contribution in [0.3, 0.4) is 0 Å². The third kappa shape index (κ3) is 4.20. The summed E-state index contributed by atoms with van der Waals surface area (Å²) in [5.74, 6) is -0.369. The highest BCUT2D eigenvalue weighted by molar-refractivity contribution is 8.03. The quantitative estimate of drug-likeness (QED) is 0.714. The average molecular weight is 393 g/mol. The first-order chi connectivity index (χ1) is 12.8. The number of rotatable bonds is 5. The number of hydrogen-bond acceptors (Lipinski definition) is 3. The molecule has 0 spiro atoms. The van der Waals surface area contributed by atoms with Crippen molar-refractivity contribution in [3.8, 4) is 0 Å². The van der Waals surface area contributed by atoms with Crippen LogP contribution >= 0.6 is 11.8 Å². The molecule has 1 amide bonds. The molecule has 0 fully saturated rings. The predicted octanol–water partition coefficient (Wildman–Crippen LogP) is 5.15. The highest BCUT2D eigenvalue weighted by Crippen LogP contribution is 2.39. The molecular weight excluding hydrogens is 375 g/mol. The molecule has 1 aliphatic heterocycles. The molecule has 3 nitrogen and oxygen atoms in total. The van der Waals surface area contributed by atoms with Crippen molar-refractivity contribution in [3.63, 3.8) is 0 Å². The maximum Gasteiger partial charge on any atom is 0.413 e. The summed E-state index contributed by atoms with van der Waals surface area (Å²) in [6.07, 6.45) is -5.59. The van der Waals surface area contributed by atoms with Crippen LogP contribution in [0.5, 0.6) is 0 Å². The molecule has 0 bridgehead atoms. The van der Waals surface area contributed by atoms with Gasteiger partial charge in [-0.15, -0.1) is 0 Å². The summed E-state index contributed by atoms with van der Waals surface area (Å²) in [7, 11) is 0. The molecule has 1 atom stereocenters. The van der Waals surface area contributed by atoms with Crippen molar-refractivity contribution in [1.82, 2.24) is 4.90 Å². The average Bonchev–Trinajstić information content (AvgIpc) is 2.89. The van der Waals surface area contributed by atoms with Crippen molar-refractivity contribution in [2.75, 3.05) is 6.54 Å². The van der Waals surface area contributed by atoms with E-state index in [4.69, 9.17) is 0 Å². The number of nitrogens with zero attached hydrogens (tertiary/aromatic N) is 1. The smallest absolute Gasteiger partial charge is 0.369 e. The first-order valence-corrected chi connectivity index (χ1v) is 9.18. The van der Waals surface area contributed by atoms with Gasteiger partial charge in [0.15, 0.2) is 6.23 Å². The number of aliphatic hydroxyl groups excluding tert-OH is 1. The van der Waals surface area contributed by atoms with Gasteiger partial charge in [0.25, 0.3) is 5.91 Å². The van der Waals surface area contributed by atoms with E-state index < -0.39 is 18.0 Å². The number of thioether (sulfide) groups is 1. The van der Waals surface area contributed by atoms with E-state index in [0.717, 1.165) is 18.7 Å². The van der Waals surface area contributed by atoms with Crippen LogP contribution in [-0.2, 0) is 0 Å². The van der Waals surface area contributed by atoms with E-state index in [-0.39, 0.29) is 23.8 Å². The van der Waals surface area contributed by atoms with Crippen LogP contribution in [-0.4, -0.2) is 28.6 Å². The predicted molar refractivity (Wildman–Crippen MR) is 98.1 cm³/mol. The van der Waals surface area contributed by atoms with E-state index >= 15 is 0 Å². The largest absolute Gasteiger partial charge is 0.413 e. The van der Waals surface area contributed by atoms with Crippen molar-refractivity contribution in [2.45, 2.75) is 30.6 Å². The van der Waals surface area contributed by atoms with Gasteiger partial charge in [0.2, 0.25) is 0 Å². The van der Waals surface area contributed by atoms with Crippen LogP contribution in [0.4, 0.5) is 13.2 Å². The lowest BCUT2D eigenvalue weighted by atomic mass is 10.1. The summed E-state index contributed by atoms with van der Waals surface area (Å²) < 4.78 is 39.8.